The number of amides is 1. The first-order chi connectivity index (χ1) is 19.3. The standard InChI is InChI=1S/C30H32F3NO5SSi/c1-37-28-21-24(6-5-22-11-17-27(18-12-22)40-39-38-30(31,32)33)8-14-25(28)13-7-23-9-15-26(16-10-23)34(29(35)36)19-20-41(2,3)4/h5-18,21H,19-20H2,1-4H3,(H,35,36). The Hall–Kier alpha value is -3.51. The van der Waals surface area contributed by atoms with Gasteiger partial charge in [-0.25, -0.2) is 4.79 Å². The van der Waals surface area contributed by atoms with E-state index in [1.54, 1.807) is 31.4 Å². The van der Waals surface area contributed by atoms with Gasteiger partial charge in [-0.1, -0.05) is 80.3 Å². The maximum atomic E-state index is 12.0. The van der Waals surface area contributed by atoms with Crippen molar-refractivity contribution < 1.29 is 37.0 Å². The smallest absolute Gasteiger partial charge is 0.496 e. The Bertz CT molecular complexity index is 1350. The predicted octanol–water partition coefficient (Wildman–Crippen LogP) is 9.33. The minimum absolute atomic E-state index is 0.458. The first kappa shape index (κ1) is 32.0. The van der Waals surface area contributed by atoms with Crippen LogP contribution in [0.3, 0.4) is 0 Å². The lowest BCUT2D eigenvalue weighted by atomic mass is 10.1. The molecule has 0 fully saturated rings. The van der Waals surface area contributed by atoms with Gasteiger partial charge in [0.1, 0.15) is 5.75 Å². The molecule has 0 unspecified atom stereocenters. The summed E-state index contributed by atoms with van der Waals surface area (Å²) in [5.74, 6) is 0.678. The van der Waals surface area contributed by atoms with Crippen LogP contribution in [-0.2, 0) is 9.22 Å². The van der Waals surface area contributed by atoms with Gasteiger partial charge in [-0.2, -0.15) is 4.33 Å². The lowest BCUT2D eigenvalue weighted by Gasteiger charge is -2.23. The van der Waals surface area contributed by atoms with Crippen molar-refractivity contribution in [1.82, 2.24) is 0 Å². The molecular weight excluding hydrogens is 571 g/mol. The van der Waals surface area contributed by atoms with Crippen molar-refractivity contribution in [3.05, 3.63) is 89.0 Å². The van der Waals surface area contributed by atoms with Gasteiger partial charge in [-0.3, -0.25) is 4.90 Å². The number of rotatable bonds is 12. The molecule has 0 bridgehead atoms. The molecule has 11 heteroatoms. The van der Waals surface area contributed by atoms with Crippen LogP contribution in [0.2, 0.25) is 25.7 Å². The summed E-state index contributed by atoms with van der Waals surface area (Å²) in [6.07, 6.45) is 1.83. The van der Waals surface area contributed by atoms with E-state index in [9.17, 15) is 23.1 Å². The summed E-state index contributed by atoms with van der Waals surface area (Å²) in [7, 11) is 0.217. The van der Waals surface area contributed by atoms with E-state index in [0.29, 0.717) is 34.9 Å². The van der Waals surface area contributed by atoms with E-state index in [4.69, 9.17) is 4.74 Å². The molecule has 3 aromatic rings. The van der Waals surface area contributed by atoms with Gasteiger partial charge < -0.3 is 9.84 Å². The predicted molar refractivity (Wildman–Crippen MR) is 161 cm³/mol. The van der Waals surface area contributed by atoms with Crippen LogP contribution in [0.15, 0.2) is 71.6 Å². The fraction of sp³-hybridized carbons (Fsp3) is 0.233. The lowest BCUT2D eigenvalue weighted by Crippen LogP contribution is -2.34. The van der Waals surface area contributed by atoms with Crippen molar-refractivity contribution in [2.45, 2.75) is 36.9 Å². The molecule has 0 saturated carbocycles. The van der Waals surface area contributed by atoms with E-state index in [1.807, 2.05) is 66.8 Å². The zero-order chi connectivity index (χ0) is 30.0. The molecule has 3 aromatic carbocycles. The summed E-state index contributed by atoms with van der Waals surface area (Å²) in [6.45, 7) is 7.15. The van der Waals surface area contributed by atoms with Crippen molar-refractivity contribution in [3.63, 3.8) is 0 Å². The quantitative estimate of drug-likeness (QED) is 0.0732. The van der Waals surface area contributed by atoms with Gasteiger partial charge in [0.15, 0.2) is 0 Å². The first-order valence-corrected chi connectivity index (χ1v) is 17.1. The Morgan fingerprint density at radius 1 is 0.902 bits per heavy atom. The van der Waals surface area contributed by atoms with E-state index in [2.05, 4.69) is 28.9 Å². The molecular formula is C30H32F3NO5SSi. The van der Waals surface area contributed by atoms with Gasteiger partial charge in [-0.05, 0) is 53.1 Å². The van der Waals surface area contributed by atoms with Crippen molar-refractivity contribution >= 4 is 56.2 Å². The summed E-state index contributed by atoms with van der Waals surface area (Å²) in [6, 6.07) is 20.8. The number of hydrogen-bond acceptors (Lipinski definition) is 5. The molecule has 1 N–H and O–H groups in total. The van der Waals surface area contributed by atoms with E-state index in [-0.39, 0.29) is 0 Å². The highest BCUT2D eigenvalue weighted by atomic mass is 32.2. The number of hydrogen-bond donors (Lipinski definition) is 1. The van der Waals surface area contributed by atoms with Gasteiger partial charge in [0, 0.05) is 30.8 Å². The zero-order valence-corrected chi connectivity index (χ0v) is 25.0. The molecule has 0 aliphatic rings. The van der Waals surface area contributed by atoms with Gasteiger partial charge in [-0.15, -0.1) is 18.1 Å². The fourth-order valence-corrected chi connectivity index (χ4v) is 4.96. The van der Waals surface area contributed by atoms with Crippen LogP contribution in [-0.4, -0.2) is 39.3 Å². The normalized spacial score (nSPS) is 12.3. The van der Waals surface area contributed by atoms with Crippen LogP contribution in [0.4, 0.5) is 23.7 Å². The molecule has 0 heterocycles. The number of benzene rings is 3. The Morgan fingerprint density at radius 2 is 1.46 bits per heavy atom. The topological polar surface area (TPSA) is 68.2 Å². The first-order valence-electron chi connectivity index (χ1n) is 12.7. The molecule has 0 spiro atoms. The van der Waals surface area contributed by atoms with Crippen LogP contribution < -0.4 is 9.64 Å². The Kier molecular flexibility index (Phi) is 11.2. The summed E-state index contributed by atoms with van der Waals surface area (Å²) in [5.41, 5.74) is 4.19. The highest BCUT2D eigenvalue weighted by Crippen LogP contribution is 2.27. The lowest BCUT2D eigenvalue weighted by molar-refractivity contribution is -0.440. The van der Waals surface area contributed by atoms with Crippen molar-refractivity contribution in [2.24, 2.45) is 0 Å². The van der Waals surface area contributed by atoms with Gasteiger partial charge in [0.05, 0.1) is 19.2 Å². The molecule has 0 aliphatic carbocycles. The molecule has 1 amide bonds. The van der Waals surface area contributed by atoms with Crippen LogP contribution in [0.5, 0.6) is 5.75 Å². The van der Waals surface area contributed by atoms with Gasteiger partial charge in [0.25, 0.3) is 0 Å². The molecule has 0 atom stereocenters. The Morgan fingerprint density at radius 3 is 2.02 bits per heavy atom. The maximum absolute atomic E-state index is 12.0. The SMILES string of the molecule is COc1cc(C=Cc2ccc(SOOC(F)(F)F)cc2)ccc1C=Cc1ccc(N(CC[Si](C)(C)C)C(=O)O)cc1. The molecule has 6 nitrogen and oxygen atoms in total. The number of carbonyl (C=O) groups is 1. The number of alkyl halides is 3. The van der Waals surface area contributed by atoms with Crippen LogP contribution in [0.25, 0.3) is 24.3 Å². The molecule has 218 valence electrons. The summed E-state index contributed by atoms with van der Waals surface area (Å²) in [5, 5.41) is 9.66. The monoisotopic (exact) mass is 603 g/mol. The molecule has 3 rings (SSSR count). The number of halogens is 3. The maximum Gasteiger partial charge on any atom is 0.550 e. The highest BCUT2D eigenvalue weighted by Gasteiger charge is 2.31. The second-order valence-electron chi connectivity index (χ2n) is 10.3. The average molecular weight is 604 g/mol. The van der Waals surface area contributed by atoms with Gasteiger partial charge >= 0.3 is 12.5 Å². The second kappa shape index (κ2) is 14.4. The highest BCUT2D eigenvalue weighted by molar-refractivity contribution is 7.94. The summed E-state index contributed by atoms with van der Waals surface area (Å²) >= 11 is 0.472. The molecule has 0 saturated heterocycles. The number of anilines is 1. The Labute approximate surface area is 243 Å². The van der Waals surface area contributed by atoms with E-state index in [1.165, 1.54) is 4.90 Å². The minimum Gasteiger partial charge on any atom is -0.496 e. The molecule has 0 radical (unpaired) electrons. The third-order valence-corrected chi connectivity index (χ3v) is 8.17. The number of ether oxygens (including phenoxy) is 1. The van der Waals surface area contributed by atoms with Crippen LogP contribution in [0.1, 0.15) is 22.3 Å². The number of carboxylic acid groups (broad SMARTS) is 1. The second-order valence-corrected chi connectivity index (χ2v) is 16.6. The van der Waals surface area contributed by atoms with Crippen LogP contribution in [0, 0.1) is 0 Å². The van der Waals surface area contributed by atoms with E-state index in [0.717, 1.165) is 28.3 Å². The van der Waals surface area contributed by atoms with Crippen molar-refractivity contribution in [1.29, 1.82) is 0 Å². The van der Waals surface area contributed by atoms with Crippen LogP contribution >= 0.6 is 12.0 Å². The third-order valence-electron chi connectivity index (χ3n) is 5.84. The summed E-state index contributed by atoms with van der Waals surface area (Å²) in [4.78, 5) is 16.9. The fourth-order valence-electron chi connectivity index (χ4n) is 3.62. The summed E-state index contributed by atoms with van der Waals surface area (Å²) < 4.78 is 45.7. The third kappa shape index (κ3) is 11.1. The zero-order valence-electron chi connectivity index (χ0n) is 23.1. The molecule has 0 aromatic heterocycles. The van der Waals surface area contributed by atoms with E-state index >= 15 is 0 Å². The Balaban J connectivity index is 1.63. The minimum atomic E-state index is -4.85. The van der Waals surface area contributed by atoms with Gasteiger partial charge in [0.2, 0.25) is 0 Å². The largest absolute Gasteiger partial charge is 0.550 e. The van der Waals surface area contributed by atoms with E-state index < -0.39 is 20.5 Å². The van der Waals surface area contributed by atoms with Crippen molar-refractivity contribution in [2.75, 3.05) is 18.6 Å². The number of nitrogens with zero attached hydrogens (tertiary/aromatic N) is 1. The molecule has 0 aliphatic heterocycles. The van der Waals surface area contributed by atoms with Crippen molar-refractivity contribution in [3.8, 4) is 5.75 Å². The average Bonchev–Trinajstić information content (AvgIpc) is 2.91. The number of methoxy groups -OCH3 is 1. The molecule has 41 heavy (non-hydrogen) atoms.